The quantitative estimate of drug-likeness (QED) is 0.295. The maximum absolute atomic E-state index is 12.0. The van der Waals surface area contributed by atoms with Crippen LogP contribution in [-0.4, -0.2) is 22.5 Å². The van der Waals surface area contributed by atoms with E-state index in [2.05, 4.69) is 26.6 Å². The molecule has 140 valence electrons. The number of amides is 1. The molecule has 0 radical (unpaired) electrons. The van der Waals surface area contributed by atoms with Gasteiger partial charge in [-0.1, -0.05) is 12.1 Å². The minimum atomic E-state index is -0.500. The molecule has 0 heterocycles. The number of rotatable bonds is 6. The van der Waals surface area contributed by atoms with Gasteiger partial charge in [0.1, 0.15) is 5.75 Å². The molecule has 0 bridgehead atoms. The van der Waals surface area contributed by atoms with Gasteiger partial charge >= 0.3 is 0 Å². The van der Waals surface area contributed by atoms with Crippen molar-refractivity contribution < 1.29 is 14.5 Å². The molecule has 0 aliphatic rings. The molecule has 9 heteroatoms. The molecule has 2 aromatic rings. The maximum atomic E-state index is 12.0. The van der Waals surface area contributed by atoms with E-state index in [4.69, 9.17) is 17.0 Å². The Morgan fingerprint density at radius 1 is 1.30 bits per heavy atom. The van der Waals surface area contributed by atoms with Crippen molar-refractivity contribution in [3.05, 3.63) is 68.7 Å². The van der Waals surface area contributed by atoms with Crippen molar-refractivity contribution in [1.29, 1.82) is 0 Å². The Balaban J connectivity index is 1.91. The summed E-state index contributed by atoms with van der Waals surface area (Å²) in [7, 11) is 0. The number of nitro benzene ring substituents is 1. The molecule has 0 atom stereocenters. The predicted octanol–water partition coefficient (Wildman–Crippen LogP) is 4.28. The fourth-order valence-corrected chi connectivity index (χ4v) is 2.72. The summed E-state index contributed by atoms with van der Waals surface area (Å²) in [6.07, 6.45) is 3.00. The standard InChI is InChI=1S/C18H16BrN3O4S/c1-2-26-14-7-3-12(4-8-14)5-10-17(23)21-18(27)20-16-9-6-13(22(24)25)11-15(16)19/h3-11H,2H2,1H3,(H2,20,21,23,27)/b10-5+. The van der Waals surface area contributed by atoms with E-state index in [9.17, 15) is 14.9 Å². The van der Waals surface area contributed by atoms with Crippen molar-refractivity contribution in [3.8, 4) is 5.75 Å². The van der Waals surface area contributed by atoms with E-state index in [0.29, 0.717) is 16.8 Å². The van der Waals surface area contributed by atoms with Gasteiger partial charge in [0.15, 0.2) is 5.11 Å². The molecule has 0 unspecified atom stereocenters. The molecule has 0 saturated carbocycles. The Morgan fingerprint density at radius 2 is 2.00 bits per heavy atom. The van der Waals surface area contributed by atoms with Crippen molar-refractivity contribution >= 4 is 56.6 Å². The van der Waals surface area contributed by atoms with Crippen LogP contribution in [0, 0.1) is 10.1 Å². The van der Waals surface area contributed by atoms with Crippen molar-refractivity contribution in [2.75, 3.05) is 11.9 Å². The van der Waals surface area contributed by atoms with Gasteiger partial charge < -0.3 is 10.1 Å². The Hall–Kier alpha value is -2.78. The number of benzene rings is 2. The highest BCUT2D eigenvalue weighted by atomic mass is 79.9. The van der Waals surface area contributed by atoms with Crippen LogP contribution in [0.2, 0.25) is 0 Å². The SMILES string of the molecule is CCOc1ccc(/C=C/C(=O)NC(=S)Nc2ccc([N+](=O)[O-])cc2Br)cc1. The molecule has 0 aliphatic carbocycles. The molecule has 7 nitrogen and oxygen atoms in total. The zero-order valence-corrected chi connectivity index (χ0v) is 16.7. The van der Waals surface area contributed by atoms with E-state index in [1.165, 1.54) is 24.3 Å². The van der Waals surface area contributed by atoms with Crippen molar-refractivity contribution in [1.82, 2.24) is 5.32 Å². The van der Waals surface area contributed by atoms with Crippen LogP contribution in [0.15, 0.2) is 53.0 Å². The van der Waals surface area contributed by atoms with Gasteiger partial charge in [-0.05, 0) is 64.9 Å². The van der Waals surface area contributed by atoms with Gasteiger partial charge in [0.25, 0.3) is 5.69 Å². The number of carbonyl (C=O) groups excluding carboxylic acids is 1. The van der Waals surface area contributed by atoms with Gasteiger partial charge in [0.2, 0.25) is 5.91 Å². The third kappa shape index (κ3) is 6.46. The highest BCUT2D eigenvalue weighted by Gasteiger charge is 2.10. The average molecular weight is 450 g/mol. The van der Waals surface area contributed by atoms with E-state index < -0.39 is 10.8 Å². The van der Waals surface area contributed by atoms with Crippen molar-refractivity contribution in [2.24, 2.45) is 0 Å². The average Bonchev–Trinajstić information content (AvgIpc) is 2.63. The molecule has 27 heavy (non-hydrogen) atoms. The number of anilines is 1. The summed E-state index contributed by atoms with van der Waals surface area (Å²) in [4.78, 5) is 22.2. The molecule has 2 aromatic carbocycles. The number of carbonyl (C=O) groups is 1. The van der Waals surface area contributed by atoms with E-state index in [1.54, 1.807) is 6.08 Å². The Kier molecular flexibility index (Phi) is 7.44. The number of ether oxygens (including phenoxy) is 1. The van der Waals surface area contributed by atoms with E-state index in [-0.39, 0.29) is 10.8 Å². The molecule has 1 amide bonds. The first-order valence-electron chi connectivity index (χ1n) is 7.86. The van der Waals surface area contributed by atoms with Crippen LogP contribution in [0.3, 0.4) is 0 Å². The second-order valence-corrected chi connectivity index (χ2v) is 6.46. The van der Waals surface area contributed by atoms with Crippen molar-refractivity contribution in [2.45, 2.75) is 6.92 Å². The van der Waals surface area contributed by atoms with Gasteiger partial charge in [-0.15, -0.1) is 0 Å². The van der Waals surface area contributed by atoms with Gasteiger partial charge in [-0.2, -0.15) is 0 Å². The summed E-state index contributed by atoms with van der Waals surface area (Å²) in [5, 5.41) is 16.1. The molecule has 2 N–H and O–H groups in total. The van der Waals surface area contributed by atoms with Crippen LogP contribution in [0.5, 0.6) is 5.75 Å². The Labute approximate surface area is 169 Å². The maximum Gasteiger partial charge on any atom is 0.270 e. The van der Waals surface area contributed by atoms with Crippen LogP contribution in [-0.2, 0) is 4.79 Å². The molecule has 0 fully saturated rings. The number of non-ortho nitro benzene ring substituents is 1. The summed E-state index contributed by atoms with van der Waals surface area (Å²) in [6, 6.07) is 11.5. The van der Waals surface area contributed by atoms with Crippen LogP contribution in [0.1, 0.15) is 12.5 Å². The summed E-state index contributed by atoms with van der Waals surface area (Å²) in [5.74, 6) is 0.359. The smallest absolute Gasteiger partial charge is 0.270 e. The van der Waals surface area contributed by atoms with Crippen molar-refractivity contribution in [3.63, 3.8) is 0 Å². The number of thiocarbonyl (C=S) groups is 1. The fourth-order valence-electron chi connectivity index (χ4n) is 2.04. The van der Waals surface area contributed by atoms with Crippen LogP contribution in [0.4, 0.5) is 11.4 Å². The highest BCUT2D eigenvalue weighted by Crippen LogP contribution is 2.27. The van der Waals surface area contributed by atoms with E-state index >= 15 is 0 Å². The highest BCUT2D eigenvalue weighted by molar-refractivity contribution is 9.10. The number of hydrogen-bond acceptors (Lipinski definition) is 5. The second-order valence-electron chi connectivity index (χ2n) is 5.20. The number of nitrogens with zero attached hydrogens (tertiary/aromatic N) is 1. The second kappa shape index (κ2) is 9.79. The molecule has 0 aromatic heterocycles. The minimum Gasteiger partial charge on any atom is -0.494 e. The first-order chi connectivity index (χ1) is 12.9. The largest absolute Gasteiger partial charge is 0.494 e. The summed E-state index contributed by atoms with van der Waals surface area (Å²) < 4.78 is 5.81. The van der Waals surface area contributed by atoms with Gasteiger partial charge in [-0.3, -0.25) is 20.2 Å². The number of hydrogen-bond donors (Lipinski definition) is 2. The minimum absolute atomic E-state index is 0.0549. The molecule has 0 saturated heterocycles. The third-order valence-corrected chi connectivity index (χ3v) is 4.13. The predicted molar refractivity (Wildman–Crippen MR) is 112 cm³/mol. The lowest BCUT2D eigenvalue weighted by molar-refractivity contribution is -0.384. The van der Waals surface area contributed by atoms with Crippen LogP contribution < -0.4 is 15.4 Å². The first-order valence-corrected chi connectivity index (χ1v) is 9.06. The van der Waals surface area contributed by atoms with Crippen LogP contribution >= 0.6 is 28.1 Å². The summed E-state index contributed by atoms with van der Waals surface area (Å²) in [6.45, 7) is 2.50. The van der Waals surface area contributed by atoms with E-state index in [1.807, 2.05) is 31.2 Å². The monoisotopic (exact) mass is 449 g/mol. The first kappa shape index (κ1) is 20.5. The summed E-state index contributed by atoms with van der Waals surface area (Å²) >= 11 is 8.31. The molecular weight excluding hydrogens is 434 g/mol. The lowest BCUT2D eigenvalue weighted by Crippen LogP contribution is -2.32. The van der Waals surface area contributed by atoms with Gasteiger partial charge in [0, 0.05) is 22.7 Å². The fraction of sp³-hybridized carbons (Fsp3) is 0.111. The lowest BCUT2D eigenvalue weighted by Gasteiger charge is -2.09. The Bertz CT molecular complexity index is 885. The van der Waals surface area contributed by atoms with Crippen LogP contribution in [0.25, 0.3) is 6.08 Å². The molecule has 0 aliphatic heterocycles. The van der Waals surface area contributed by atoms with Gasteiger partial charge in [0.05, 0.1) is 17.2 Å². The zero-order chi connectivity index (χ0) is 19.8. The third-order valence-electron chi connectivity index (χ3n) is 3.27. The molecular formula is C18H16BrN3O4S. The lowest BCUT2D eigenvalue weighted by atomic mass is 10.2. The normalized spacial score (nSPS) is 10.4. The van der Waals surface area contributed by atoms with E-state index in [0.717, 1.165) is 11.3 Å². The number of halogens is 1. The van der Waals surface area contributed by atoms with Gasteiger partial charge in [-0.25, -0.2) is 0 Å². The topological polar surface area (TPSA) is 93.5 Å². The number of nitrogens with one attached hydrogen (secondary N) is 2. The molecule has 0 spiro atoms. The Morgan fingerprint density at radius 3 is 2.59 bits per heavy atom. The summed E-state index contributed by atoms with van der Waals surface area (Å²) in [5.41, 5.74) is 1.28. The number of nitro groups is 1. The zero-order valence-electron chi connectivity index (χ0n) is 14.3. The molecule has 2 rings (SSSR count).